The summed E-state index contributed by atoms with van der Waals surface area (Å²) < 4.78 is 0. The van der Waals surface area contributed by atoms with Crippen molar-refractivity contribution in [1.29, 1.82) is 0 Å². The predicted octanol–water partition coefficient (Wildman–Crippen LogP) is 0.862. The number of thiazole rings is 1. The molecule has 6 nitrogen and oxygen atoms in total. The minimum absolute atomic E-state index is 0.179. The number of carbonyl (C=O) groups is 1. The van der Waals surface area contributed by atoms with Gasteiger partial charge in [-0.2, -0.15) is 0 Å². The molecule has 0 aromatic carbocycles. The maximum Gasteiger partial charge on any atom is 0.269 e. The second-order valence-electron chi connectivity index (χ2n) is 3.66. The number of aromatic amines is 1. The van der Waals surface area contributed by atoms with Crippen molar-refractivity contribution in [2.24, 2.45) is 0 Å². The van der Waals surface area contributed by atoms with Crippen LogP contribution in [-0.2, 0) is 6.54 Å². The van der Waals surface area contributed by atoms with Crippen LogP contribution in [0.4, 0.5) is 5.13 Å². The summed E-state index contributed by atoms with van der Waals surface area (Å²) in [4.78, 5) is 24.4. The molecular formula is C10H13N5OS. The van der Waals surface area contributed by atoms with Gasteiger partial charge in [0, 0.05) is 19.5 Å². The van der Waals surface area contributed by atoms with E-state index in [1.807, 2.05) is 24.4 Å². The van der Waals surface area contributed by atoms with Crippen LogP contribution in [-0.4, -0.2) is 35.0 Å². The summed E-state index contributed by atoms with van der Waals surface area (Å²) in [6.45, 7) is 0.419. The van der Waals surface area contributed by atoms with Gasteiger partial charge in [0.15, 0.2) is 5.13 Å². The van der Waals surface area contributed by atoms with Crippen molar-refractivity contribution >= 4 is 22.4 Å². The Hall–Kier alpha value is -1.89. The molecule has 2 N–H and O–H groups in total. The van der Waals surface area contributed by atoms with E-state index in [4.69, 9.17) is 0 Å². The van der Waals surface area contributed by atoms with Crippen molar-refractivity contribution in [3.05, 3.63) is 29.3 Å². The van der Waals surface area contributed by atoms with Crippen LogP contribution < -0.4 is 10.2 Å². The molecule has 0 saturated carbocycles. The van der Waals surface area contributed by atoms with E-state index in [0.717, 1.165) is 10.8 Å². The molecule has 2 rings (SSSR count). The van der Waals surface area contributed by atoms with Gasteiger partial charge >= 0.3 is 0 Å². The van der Waals surface area contributed by atoms with Gasteiger partial charge in [-0.3, -0.25) is 4.79 Å². The van der Waals surface area contributed by atoms with E-state index in [0.29, 0.717) is 12.2 Å². The molecular weight excluding hydrogens is 238 g/mol. The van der Waals surface area contributed by atoms with Crippen molar-refractivity contribution in [2.45, 2.75) is 6.54 Å². The zero-order valence-corrected chi connectivity index (χ0v) is 10.4. The van der Waals surface area contributed by atoms with E-state index >= 15 is 0 Å². The summed E-state index contributed by atoms with van der Waals surface area (Å²) in [5.74, 6) is -0.179. The van der Waals surface area contributed by atoms with Crippen LogP contribution in [0.1, 0.15) is 16.2 Å². The molecule has 2 aromatic rings. The summed E-state index contributed by atoms with van der Waals surface area (Å²) in [6.07, 6.45) is 2.96. The van der Waals surface area contributed by atoms with Gasteiger partial charge in [-0.05, 0) is 0 Å². The highest BCUT2D eigenvalue weighted by Crippen LogP contribution is 2.17. The van der Waals surface area contributed by atoms with E-state index in [2.05, 4.69) is 20.3 Å². The highest BCUT2D eigenvalue weighted by Gasteiger charge is 2.08. The van der Waals surface area contributed by atoms with Gasteiger partial charge in [-0.15, -0.1) is 11.3 Å². The van der Waals surface area contributed by atoms with E-state index in [9.17, 15) is 4.79 Å². The average molecular weight is 251 g/mol. The molecule has 90 valence electrons. The Kier molecular flexibility index (Phi) is 3.38. The summed E-state index contributed by atoms with van der Waals surface area (Å²) in [6, 6.07) is 0. The Morgan fingerprint density at radius 3 is 3.00 bits per heavy atom. The van der Waals surface area contributed by atoms with Gasteiger partial charge in [0.05, 0.1) is 24.8 Å². The van der Waals surface area contributed by atoms with Gasteiger partial charge < -0.3 is 15.2 Å². The lowest BCUT2D eigenvalue weighted by Gasteiger charge is -2.05. The van der Waals surface area contributed by atoms with Crippen LogP contribution in [0.5, 0.6) is 0 Å². The lowest BCUT2D eigenvalue weighted by Crippen LogP contribution is -2.23. The third-order valence-electron chi connectivity index (χ3n) is 2.10. The van der Waals surface area contributed by atoms with E-state index in [1.165, 1.54) is 12.5 Å². The minimum atomic E-state index is -0.179. The van der Waals surface area contributed by atoms with E-state index < -0.39 is 0 Å². The maximum atomic E-state index is 11.6. The molecule has 0 aliphatic rings. The Labute approximate surface area is 103 Å². The number of carbonyl (C=O) groups excluding carboxylic acids is 1. The first-order valence-electron chi connectivity index (χ1n) is 5.05. The van der Waals surface area contributed by atoms with Gasteiger partial charge in [0.1, 0.15) is 5.69 Å². The van der Waals surface area contributed by atoms with Gasteiger partial charge in [0.25, 0.3) is 5.91 Å². The fourth-order valence-corrected chi connectivity index (χ4v) is 1.99. The first kappa shape index (κ1) is 11.6. The second kappa shape index (κ2) is 4.96. The van der Waals surface area contributed by atoms with Crippen LogP contribution in [0, 0.1) is 0 Å². The molecule has 7 heteroatoms. The topological polar surface area (TPSA) is 73.9 Å². The first-order valence-corrected chi connectivity index (χ1v) is 5.93. The fourth-order valence-electron chi connectivity index (χ4n) is 1.23. The molecule has 1 amide bonds. The molecule has 0 radical (unpaired) electrons. The molecule has 0 bridgehead atoms. The van der Waals surface area contributed by atoms with Crippen molar-refractivity contribution < 1.29 is 4.79 Å². The molecule has 0 saturated heterocycles. The highest BCUT2D eigenvalue weighted by molar-refractivity contribution is 7.13. The van der Waals surface area contributed by atoms with Crippen molar-refractivity contribution in [3.63, 3.8) is 0 Å². The summed E-state index contributed by atoms with van der Waals surface area (Å²) in [5, 5.41) is 5.63. The Morgan fingerprint density at radius 1 is 1.59 bits per heavy atom. The number of nitrogens with zero attached hydrogens (tertiary/aromatic N) is 3. The minimum Gasteiger partial charge on any atom is -0.354 e. The lowest BCUT2D eigenvalue weighted by atomic mass is 10.4. The molecule has 2 aromatic heterocycles. The summed E-state index contributed by atoms with van der Waals surface area (Å²) in [7, 11) is 3.87. The quantitative estimate of drug-likeness (QED) is 0.845. The van der Waals surface area contributed by atoms with Crippen LogP contribution >= 0.6 is 11.3 Å². The number of amides is 1. The van der Waals surface area contributed by atoms with Gasteiger partial charge in [0.2, 0.25) is 0 Å². The summed E-state index contributed by atoms with van der Waals surface area (Å²) >= 11 is 1.55. The number of rotatable bonds is 4. The largest absolute Gasteiger partial charge is 0.354 e. The molecule has 0 spiro atoms. The maximum absolute atomic E-state index is 11.6. The molecule has 0 aliphatic heterocycles. The van der Waals surface area contributed by atoms with Crippen molar-refractivity contribution in [2.75, 3.05) is 19.0 Å². The average Bonchev–Trinajstić information content (AvgIpc) is 2.97. The normalized spacial score (nSPS) is 10.2. The molecule has 0 aliphatic carbocycles. The standard InChI is InChI=1S/C10H13N5OS/c1-15(2)10-14-7(5-17-10)3-12-9(16)8-4-11-6-13-8/h4-6H,3H2,1-2H3,(H,11,13)(H,12,16). The number of H-pyrrole nitrogens is 1. The lowest BCUT2D eigenvalue weighted by molar-refractivity contribution is 0.0946. The SMILES string of the molecule is CN(C)c1nc(CNC(=O)c2cnc[nH]2)cs1. The second-order valence-corrected chi connectivity index (χ2v) is 4.50. The fraction of sp³-hybridized carbons (Fsp3) is 0.300. The summed E-state index contributed by atoms with van der Waals surface area (Å²) in [5.41, 5.74) is 1.31. The van der Waals surface area contributed by atoms with Gasteiger partial charge in [-0.25, -0.2) is 9.97 Å². The van der Waals surface area contributed by atoms with E-state index in [1.54, 1.807) is 11.3 Å². The molecule has 2 heterocycles. The number of anilines is 1. The number of aromatic nitrogens is 3. The first-order chi connectivity index (χ1) is 8.16. The van der Waals surface area contributed by atoms with E-state index in [-0.39, 0.29) is 5.91 Å². The number of hydrogen-bond acceptors (Lipinski definition) is 5. The monoisotopic (exact) mass is 251 g/mol. The zero-order valence-electron chi connectivity index (χ0n) is 9.60. The molecule has 0 unspecified atom stereocenters. The van der Waals surface area contributed by atoms with Crippen LogP contribution in [0.2, 0.25) is 0 Å². The zero-order chi connectivity index (χ0) is 12.3. The number of hydrogen-bond donors (Lipinski definition) is 2. The Bertz CT molecular complexity index is 491. The Balaban J connectivity index is 1.91. The predicted molar refractivity (Wildman–Crippen MR) is 66.2 cm³/mol. The molecule has 0 fully saturated rings. The Morgan fingerprint density at radius 2 is 2.41 bits per heavy atom. The smallest absolute Gasteiger partial charge is 0.269 e. The van der Waals surface area contributed by atoms with Crippen LogP contribution in [0.15, 0.2) is 17.9 Å². The number of nitrogens with one attached hydrogen (secondary N) is 2. The third-order valence-corrected chi connectivity index (χ3v) is 3.15. The number of imidazole rings is 1. The highest BCUT2D eigenvalue weighted by atomic mass is 32.1. The van der Waals surface area contributed by atoms with Crippen molar-refractivity contribution in [1.82, 2.24) is 20.3 Å². The van der Waals surface area contributed by atoms with Crippen LogP contribution in [0.25, 0.3) is 0 Å². The van der Waals surface area contributed by atoms with Gasteiger partial charge in [-0.1, -0.05) is 0 Å². The molecule has 0 atom stereocenters. The molecule has 17 heavy (non-hydrogen) atoms. The van der Waals surface area contributed by atoms with Crippen molar-refractivity contribution in [3.8, 4) is 0 Å². The van der Waals surface area contributed by atoms with Crippen LogP contribution in [0.3, 0.4) is 0 Å². The third kappa shape index (κ3) is 2.82.